The lowest BCUT2D eigenvalue weighted by atomic mass is 10.0. The Morgan fingerprint density at radius 1 is 0.957 bits per heavy atom. The molecule has 5 heteroatoms. The molecule has 0 spiro atoms. The van der Waals surface area contributed by atoms with Crippen LogP contribution in [0.5, 0.6) is 0 Å². The Hall–Kier alpha value is -2.53. The minimum atomic E-state index is -0.240. The van der Waals surface area contributed by atoms with Crippen molar-refractivity contribution >= 4 is 16.9 Å². The Morgan fingerprint density at radius 2 is 1.78 bits per heavy atom. The normalized spacial score (nSPS) is 15.1. The summed E-state index contributed by atoms with van der Waals surface area (Å²) in [6.45, 7) is 3.07. The molecule has 0 bridgehead atoms. The number of nitrogens with zero attached hydrogens (tertiary/aromatic N) is 3. The van der Waals surface area contributed by atoms with Gasteiger partial charge in [0.05, 0.1) is 30.4 Å². The van der Waals surface area contributed by atoms with Gasteiger partial charge in [-0.2, -0.15) is 0 Å². The predicted octanol–water partition coefficient (Wildman–Crippen LogP) is 3.27. The van der Waals surface area contributed by atoms with Crippen molar-refractivity contribution in [3.8, 4) is 11.1 Å². The number of aromatic nitrogens is 2. The van der Waals surface area contributed by atoms with Crippen LogP contribution in [0.4, 0.5) is 10.2 Å². The molecule has 0 aliphatic carbocycles. The summed E-state index contributed by atoms with van der Waals surface area (Å²) in [7, 11) is 0. The lowest BCUT2D eigenvalue weighted by molar-refractivity contribution is 0.122. The van der Waals surface area contributed by atoms with E-state index in [0.717, 1.165) is 41.1 Å². The molecule has 0 unspecified atom stereocenters. The molecule has 0 saturated carbocycles. The number of anilines is 1. The molecule has 3 aromatic rings. The third-order valence-corrected chi connectivity index (χ3v) is 4.02. The van der Waals surface area contributed by atoms with Gasteiger partial charge in [-0.05, 0) is 35.4 Å². The second-order valence-corrected chi connectivity index (χ2v) is 5.54. The van der Waals surface area contributed by atoms with Gasteiger partial charge in [0, 0.05) is 13.1 Å². The first-order chi connectivity index (χ1) is 11.3. The summed E-state index contributed by atoms with van der Waals surface area (Å²) in [6, 6.07) is 12.4. The van der Waals surface area contributed by atoms with Crippen LogP contribution in [-0.4, -0.2) is 36.3 Å². The van der Waals surface area contributed by atoms with E-state index in [1.807, 2.05) is 24.3 Å². The van der Waals surface area contributed by atoms with E-state index >= 15 is 0 Å². The first kappa shape index (κ1) is 14.1. The van der Waals surface area contributed by atoms with Crippen molar-refractivity contribution in [2.24, 2.45) is 0 Å². The first-order valence-corrected chi connectivity index (χ1v) is 7.65. The molecular formula is C18H16FN3O. The van der Waals surface area contributed by atoms with Crippen molar-refractivity contribution in [3.63, 3.8) is 0 Å². The van der Waals surface area contributed by atoms with Gasteiger partial charge in [-0.3, -0.25) is 4.98 Å². The van der Waals surface area contributed by atoms with E-state index in [2.05, 4.69) is 9.88 Å². The van der Waals surface area contributed by atoms with Crippen molar-refractivity contribution in [2.75, 3.05) is 31.2 Å². The van der Waals surface area contributed by atoms with Crippen LogP contribution in [0.3, 0.4) is 0 Å². The number of hydrogen-bond donors (Lipinski definition) is 0. The van der Waals surface area contributed by atoms with Crippen LogP contribution >= 0.6 is 0 Å². The maximum atomic E-state index is 13.4. The van der Waals surface area contributed by atoms with Gasteiger partial charge < -0.3 is 9.64 Å². The second kappa shape index (κ2) is 5.93. The van der Waals surface area contributed by atoms with E-state index < -0.39 is 0 Å². The Labute approximate surface area is 133 Å². The van der Waals surface area contributed by atoms with E-state index in [1.165, 1.54) is 12.1 Å². The lowest BCUT2D eigenvalue weighted by Crippen LogP contribution is -2.36. The Balaban J connectivity index is 1.74. The highest BCUT2D eigenvalue weighted by molar-refractivity contribution is 5.82. The lowest BCUT2D eigenvalue weighted by Gasteiger charge is -2.27. The minimum Gasteiger partial charge on any atom is -0.378 e. The standard InChI is InChI=1S/C18H16FN3O/c19-15-3-1-2-13(10-15)14-4-5-16-17(11-14)21-18(12-20-16)22-6-8-23-9-7-22/h1-5,10-12H,6-9H2. The van der Waals surface area contributed by atoms with Crippen LogP contribution in [0.1, 0.15) is 0 Å². The molecule has 4 nitrogen and oxygen atoms in total. The number of halogens is 1. The van der Waals surface area contributed by atoms with E-state index in [-0.39, 0.29) is 5.82 Å². The molecule has 1 saturated heterocycles. The fourth-order valence-electron chi connectivity index (χ4n) is 2.79. The van der Waals surface area contributed by atoms with Crippen molar-refractivity contribution in [3.05, 3.63) is 54.5 Å². The molecule has 1 aliphatic heterocycles. The van der Waals surface area contributed by atoms with Gasteiger partial charge >= 0.3 is 0 Å². The Morgan fingerprint density at radius 3 is 2.61 bits per heavy atom. The number of fused-ring (bicyclic) bond motifs is 1. The number of ether oxygens (including phenoxy) is 1. The summed E-state index contributed by atoms with van der Waals surface area (Å²) >= 11 is 0. The summed E-state index contributed by atoms with van der Waals surface area (Å²) in [5, 5.41) is 0. The third-order valence-electron chi connectivity index (χ3n) is 4.02. The molecule has 1 fully saturated rings. The molecule has 1 aliphatic rings. The van der Waals surface area contributed by atoms with Gasteiger partial charge in [0.25, 0.3) is 0 Å². The summed E-state index contributed by atoms with van der Waals surface area (Å²) < 4.78 is 18.8. The topological polar surface area (TPSA) is 38.2 Å². The van der Waals surface area contributed by atoms with Crippen LogP contribution in [-0.2, 0) is 4.74 Å². The predicted molar refractivity (Wildman–Crippen MR) is 88.0 cm³/mol. The van der Waals surface area contributed by atoms with Gasteiger partial charge in [0.15, 0.2) is 0 Å². The Kier molecular flexibility index (Phi) is 3.63. The van der Waals surface area contributed by atoms with Gasteiger partial charge in [0.2, 0.25) is 0 Å². The highest BCUT2D eigenvalue weighted by Crippen LogP contribution is 2.24. The quantitative estimate of drug-likeness (QED) is 0.728. The number of benzene rings is 2. The highest BCUT2D eigenvalue weighted by atomic mass is 19.1. The maximum Gasteiger partial charge on any atom is 0.148 e. The van der Waals surface area contributed by atoms with Gasteiger partial charge in [-0.15, -0.1) is 0 Å². The van der Waals surface area contributed by atoms with E-state index in [9.17, 15) is 4.39 Å². The molecule has 2 aromatic carbocycles. The molecule has 0 amide bonds. The van der Waals surface area contributed by atoms with Gasteiger partial charge in [-0.25, -0.2) is 9.37 Å². The maximum absolute atomic E-state index is 13.4. The largest absolute Gasteiger partial charge is 0.378 e. The molecule has 2 heterocycles. The number of morpholine rings is 1. The van der Waals surface area contributed by atoms with Gasteiger partial charge in [0.1, 0.15) is 11.6 Å². The average Bonchev–Trinajstić information content (AvgIpc) is 2.61. The fraction of sp³-hybridized carbons (Fsp3) is 0.222. The van der Waals surface area contributed by atoms with Crippen LogP contribution < -0.4 is 4.90 Å². The minimum absolute atomic E-state index is 0.240. The SMILES string of the molecule is Fc1cccc(-c2ccc3ncc(N4CCOCC4)nc3c2)c1. The Bertz CT molecular complexity index is 847. The van der Waals surface area contributed by atoms with Crippen LogP contribution in [0.15, 0.2) is 48.7 Å². The van der Waals surface area contributed by atoms with E-state index in [1.54, 1.807) is 12.3 Å². The van der Waals surface area contributed by atoms with E-state index in [4.69, 9.17) is 9.72 Å². The zero-order valence-corrected chi connectivity index (χ0v) is 12.6. The third kappa shape index (κ3) is 2.87. The zero-order chi connectivity index (χ0) is 15.6. The molecular weight excluding hydrogens is 293 g/mol. The average molecular weight is 309 g/mol. The molecule has 23 heavy (non-hydrogen) atoms. The number of hydrogen-bond acceptors (Lipinski definition) is 4. The van der Waals surface area contributed by atoms with Crippen molar-refractivity contribution < 1.29 is 9.13 Å². The summed E-state index contributed by atoms with van der Waals surface area (Å²) in [4.78, 5) is 11.4. The molecule has 0 atom stereocenters. The molecule has 116 valence electrons. The number of rotatable bonds is 2. The van der Waals surface area contributed by atoms with Crippen LogP contribution in [0.2, 0.25) is 0 Å². The molecule has 4 rings (SSSR count). The van der Waals surface area contributed by atoms with E-state index in [0.29, 0.717) is 13.2 Å². The smallest absolute Gasteiger partial charge is 0.148 e. The summed E-state index contributed by atoms with van der Waals surface area (Å²) in [5.74, 6) is 0.618. The fourth-order valence-corrected chi connectivity index (χ4v) is 2.79. The molecule has 0 radical (unpaired) electrons. The summed E-state index contributed by atoms with van der Waals surface area (Å²) in [6.07, 6.45) is 1.80. The van der Waals surface area contributed by atoms with Gasteiger partial charge in [-0.1, -0.05) is 18.2 Å². The molecule has 1 aromatic heterocycles. The second-order valence-electron chi connectivity index (χ2n) is 5.54. The zero-order valence-electron chi connectivity index (χ0n) is 12.6. The van der Waals surface area contributed by atoms with Crippen LogP contribution in [0, 0.1) is 5.82 Å². The monoisotopic (exact) mass is 309 g/mol. The van der Waals surface area contributed by atoms with Crippen molar-refractivity contribution in [1.82, 2.24) is 9.97 Å². The first-order valence-electron chi connectivity index (χ1n) is 7.65. The van der Waals surface area contributed by atoms with Crippen molar-refractivity contribution in [1.29, 1.82) is 0 Å². The highest BCUT2D eigenvalue weighted by Gasteiger charge is 2.13. The van der Waals surface area contributed by atoms with Crippen LogP contribution in [0.25, 0.3) is 22.2 Å². The molecule has 0 N–H and O–H groups in total. The van der Waals surface area contributed by atoms with Crippen molar-refractivity contribution in [2.45, 2.75) is 0 Å². The summed E-state index contributed by atoms with van der Waals surface area (Å²) in [5.41, 5.74) is 3.42.